The van der Waals surface area contributed by atoms with Gasteiger partial charge in [0.2, 0.25) is 0 Å². The molecule has 0 aliphatic carbocycles. The van der Waals surface area contributed by atoms with E-state index >= 15 is 0 Å². The molecule has 4 nitrogen and oxygen atoms in total. The number of halogens is 1. The second kappa shape index (κ2) is 10.4. The zero-order valence-corrected chi connectivity index (χ0v) is 19.8. The van der Waals surface area contributed by atoms with Gasteiger partial charge in [-0.15, -0.1) is 0 Å². The number of phenolic OH excluding ortho intramolecular Hbond substituents is 2. The van der Waals surface area contributed by atoms with Crippen LogP contribution in [0.15, 0.2) is 72.8 Å². The fourth-order valence-corrected chi connectivity index (χ4v) is 3.65. The van der Waals surface area contributed by atoms with Gasteiger partial charge in [0.05, 0.1) is 0 Å². The average molecular weight is 461 g/mol. The van der Waals surface area contributed by atoms with Gasteiger partial charge in [-0.3, -0.25) is 0 Å². The van der Waals surface area contributed by atoms with Gasteiger partial charge < -0.3 is 14.9 Å². The molecule has 0 atom stereocenters. The predicted molar refractivity (Wildman–Crippen MR) is 134 cm³/mol. The van der Waals surface area contributed by atoms with Crippen molar-refractivity contribution >= 4 is 23.2 Å². The first-order valence-electron chi connectivity index (χ1n) is 11.1. The summed E-state index contributed by atoms with van der Waals surface area (Å²) in [6.07, 6.45) is 3.28. The molecule has 0 spiro atoms. The summed E-state index contributed by atoms with van der Waals surface area (Å²) < 4.78 is 19.9. The number of allylic oxidation sites excluding steroid dienone is 1. The van der Waals surface area contributed by atoms with Gasteiger partial charge in [0.15, 0.2) is 0 Å². The van der Waals surface area contributed by atoms with Gasteiger partial charge in [-0.1, -0.05) is 37.3 Å². The molecule has 0 saturated heterocycles. The summed E-state index contributed by atoms with van der Waals surface area (Å²) in [5.74, 6) is -0.682. The van der Waals surface area contributed by atoms with Gasteiger partial charge in [-0.2, -0.15) is 0 Å². The molecule has 0 fully saturated rings. The van der Waals surface area contributed by atoms with Crippen molar-refractivity contribution < 1.29 is 24.1 Å². The molecule has 0 unspecified atom stereocenters. The van der Waals surface area contributed by atoms with Crippen molar-refractivity contribution in [3.8, 4) is 11.5 Å². The van der Waals surface area contributed by atoms with E-state index in [-0.39, 0.29) is 17.1 Å². The molecule has 3 aromatic rings. The van der Waals surface area contributed by atoms with Crippen LogP contribution >= 0.6 is 0 Å². The van der Waals surface area contributed by atoms with Crippen LogP contribution in [0.2, 0.25) is 0 Å². The second-order valence-electron chi connectivity index (χ2n) is 8.90. The van der Waals surface area contributed by atoms with Crippen LogP contribution in [0.1, 0.15) is 56.4 Å². The number of hydrogen-bond acceptors (Lipinski definition) is 4. The molecule has 0 bridgehead atoms. The number of carbonyl (C=O) groups is 1. The highest BCUT2D eigenvalue weighted by Gasteiger charge is 2.16. The van der Waals surface area contributed by atoms with Crippen LogP contribution in [0.3, 0.4) is 0 Å². The van der Waals surface area contributed by atoms with Gasteiger partial charge in [0, 0.05) is 11.6 Å². The molecule has 0 heterocycles. The Balaban J connectivity index is 2.13. The molecule has 176 valence electrons. The highest BCUT2D eigenvalue weighted by atomic mass is 19.1. The quantitative estimate of drug-likeness (QED) is 0.237. The summed E-state index contributed by atoms with van der Waals surface area (Å²) in [7, 11) is 0. The van der Waals surface area contributed by atoms with Crippen molar-refractivity contribution in [3.05, 3.63) is 101 Å². The van der Waals surface area contributed by atoms with Crippen LogP contribution in [0.4, 0.5) is 4.39 Å². The number of phenols is 2. The van der Waals surface area contributed by atoms with E-state index in [1.807, 2.05) is 31.2 Å². The lowest BCUT2D eigenvalue weighted by Crippen LogP contribution is -2.22. The van der Waals surface area contributed by atoms with E-state index in [2.05, 4.69) is 0 Å². The Morgan fingerprint density at radius 1 is 0.882 bits per heavy atom. The Kier molecular flexibility index (Phi) is 7.57. The maximum atomic E-state index is 14.6. The van der Waals surface area contributed by atoms with Crippen LogP contribution in [0.25, 0.3) is 17.2 Å². The minimum absolute atomic E-state index is 0.156. The van der Waals surface area contributed by atoms with Gasteiger partial charge >= 0.3 is 5.97 Å². The van der Waals surface area contributed by atoms with Crippen LogP contribution in [0, 0.1) is 5.82 Å². The third-order valence-electron chi connectivity index (χ3n) is 5.12. The number of carbonyl (C=O) groups excluding carboxylic acids is 1. The molecule has 3 rings (SSSR count). The normalized spacial score (nSPS) is 11.4. The largest absolute Gasteiger partial charge is 0.508 e. The summed E-state index contributed by atoms with van der Waals surface area (Å²) in [5.41, 5.74) is 4.02. The van der Waals surface area contributed by atoms with Gasteiger partial charge in [0.1, 0.15) is 22.9 Å². The van der Waals surface area contributed by atoms with Gasteiger partial charge in [-0.05, 0) is 97.5 Å². The molecular formula is C29H29FO4. The molecule has 0 aromatic heterocycles. The number of aromatic hydroxyl groups is 2. The maximum Gasteiger partial charge on any atom is 0.331 e. The Hall–Kier alpha value is -3.86. The number of benzene rings is 3. The van der Waals surface area contributed by atoms with Crippen molar-refractivity contribution in [2.45, 2.75) is 39.7 Å². The fourth-order valence-electron chi connectivity index (χ4n) is 3.65. The summed E-state index contributed by atoms with van der Waals surface area (Å²) >= 11 is 0. The molecule has 0 aliphatic heterocycles. The lowest BCUT2D eigenvalue weighted by atomic mass is 9.87. The third-order valence-corrected chi connectivity index (χ3v) is 5.12. The molecular weight excluding hydrogens is 431 g/mol. The molecule has 34 heavy (non-hydrogen) atoms. The summed E-state index contributed by atoms with van der Waals surface area (Å²) in [6, 6.07) is 18.5. The summed E-state index contributed by atoms with van der Waals surface area (Å²) in [6.45, 7) is 7.32. The van der Waals surface area contributed by atoms with Crippen molar-refractivity contribution in [2.24, 2.45) is 0 Å². The first-order chi connectivity index (χ1) is 16.1. The van der Waals surface area contributed by atoms with E-state index in [4.69, 9.17) is 4.74 Å². The zero-order chi connectivity index (χ0) is 24.9. The number of esters is 1. The fraction of sp³-hybridized carbons (Fsp3) is 0.207. The van der Waals surface area contributed by atoms with Crippen molar-refractivity contribution in [1.82, 2.24) is 0 Å². The van der Waals surface area contributed by atoms with E-state index in [1.54, 1.807) is 57.2 Å². The lowest BCUT2D eigenvalue weighted by Gasteiger charge is -2.18. The Bertz CT molecular complexity index is 1170. The van der Waals surface area contributed by atoms with Gasteiger partial charge in [-0.25, -0.2) is 9.18 Å². The van der Waals surface area contributed by atoms with Crippen molar-refractivity contribution in [2.75, 3.05) is 0 Å². The number of rotatable bonds is 6. The highest BCUT2D eigenvalue weighted by molar-refractivity contribution is 5.99. The van der Waals surface area contributed by atoms with E-state index in [1.165, 1.54) is 18.2 Å². The molecule has 0 amide bonds. The Labute approximate surface area is 199 Å². The predicted octanol–water partition coefficient (Wildman–Crippen LogP) is 6.96. The number of ether oxygens (including phenoxy) is 1. The Morgan fingerprint density at radius 3 is 1.85 bits per heavy atom. The van der Waals surface area contributed by atoms with E-state index in [0.29, 0.717) is 6.42 Å². The second-order valence-corrected chi connectivity index (χ2v) is 8.90. The number of hydrogen-bond donors (Lipinski definition) is 2. The van der Waals surface area contributed by atoms with E-state index in [0.717, 1.165) is 27.8 Å². The van der Waals surface area contributed by atoms with E-state index in [9.17, 15) is 19.4 Å². The molecule has 0 aliphatic rings. The standard InChI is InChI=1S/C29H29FO4/c1-5-25(21-10-16-26(30)22(18-21)11-17-27(33)34-29(2,3)4)28(19-6-12-23(31)13-7-19)20-8-14-24(32)15-9-20/h6-18,31-32H,5H2,1-4H3/b17-11+. The zero-order valence-electron chi connectivity index (χ0n) is 19.8. The van der Waals surface area contributed by atoms with Crippen LogP contribution < -0.4 is 0 Å². The topological polar surface area (TPSA) is 66.8 Å². The Morgan fingerprint density at radius 2 is 1.38 bits per heavy atom. The minimum atomic E-state index is -0.636. The monoisotopic (exact) mass is 460 g/mol. The maximum absolute atomic E-state index is 14.6. The molecule has 0 saturated carbocycles. The molecule has 3 aromatic carbocycles. The van der Waals surface area contributed by atoms with Crippen LogP contribution in [-0.2, 0) is 9.53 Å². The molecule has 0 radical (unpaired) electrons. The molecule has 2 N–H and O–H groups in total. The van der Waals surface area contributed by atoms with Crippen LogP contribution in [0.5, 0.6) is 11.5 Å². The minimum Gasteiger partial charge on any atom is -0.508 e. The third kappa shape index (κ3) is 6.35. The first kappa shape index (κ1) is 24.8. The SMILES string of the molecule is CCC(=C(c1ccc(O)cc1)c1ccc(O)cc1)c1ccc(F)c(/C=C/C(=O)OC(C)(C)C)c1. The van der Waals surface area contributed by atoms with E-state index < -0.39 is 17.4 Å². The van der Waals surface area contributed by atoms with Crippen LogP contribution in [-0.4, -0.2) is 21.8 Å². The average Bonchev–Trinajstić information content (AvgIpc) is 2.77. The van der Waals surface area contributed by atoms with Crippen molar-refractivity contribution in [3.63, 3.8) is 0 Å². The summed E-state index contributed by atoms with van der Waals surface area (Å²) in [4.78, 5) is 12.1. The molecule has 5 heteroatoms. The lowest BCUT2D eigenvalue weighted by molar-refractivity contribution is -0.148. The van der Waals surface area contributed by atoms with Crippen molar-refractivity contribution in [1.29, 1.82) is 0 Å². The first-order valence-corrected chi connectivity index (χ1v) is 11.1. The smallest absolute Gasteiger partial charge is 0.331 e. The van der Waals surface area contributed by atoms with Gasteiger partial charge in [0.25, 0.3) is 0 Å². The highest BCUT2D eigenvalue weighted by Crippen LogP contribution is 2.36. The summed E-state index contributed by atoms with van der Waals surface area (Å²) in [5, 5.41) is 19.5.